The average Bonchev–Trinajstić information content (AvgIpc) is 3.00. The number of anilines is 1. The van der Waals surface area contributed by atoms with Crippen LogP contribution in [0, 0.1) is 0 Å². The Hall–Kier alpha value is -2.15. The van der Waals surface area contributed by atoms with E-state index in [4.69, 9.17) is 10.8 Å². The molecule has 0 saturated carbocycles. The van der Waals surface area contributed by atoms with Crippen molar-refractivity contribution in [1.82, 2.24) is 15.1 Å². The highest BCUT2D eigenvalue weighted by Crippen LogP contribution is 2.45. The molecule has 3 heterocycles. The first-order valence-corrected chi connectivity index (χ1v) is 7.98. The van der Waals surface area contributed by atoms with Crippen LogP contribution in [0.3, 0.4) is 0 Å². The van der Waals surface area contributed by atoms with Crippen LogP contribution in [0.1, 0.15) is 37.8 Å². The smallest absolute Gasteiger partial charge is 0.250 e. The van der Waals surface area contributed by atoms with Gasteiger partial charge < -0.3 is 16.4 Å². The number of hydrogen-bond acceptors (Lipinski definition) is 4. The van der Waals surface area contributed by atoms with E-state index in [1.165, 1.54) is 6.08 Å². The van der Waals surface area contributed by atoms with Crippen molar-refractivity contribution in [3.05, 3.63) is 29.2 Å². The van der Waals surface area contributed by atoms with Crippen LogP contribution < -0.4 is 16.4 Å². The Bertz CT molecular complexity index is 744. The molecule has 1 aromatic heterocycles. The second-order valence-electron chi connectivity index (χ2n) is 6.74. The van der Waals surface area contributed by atoms with Crippen LogP contribution in [-0.4, -0.2) is 34.3 Å². The summed E-state index contributed by atoms with van der Waals surface area (Å²) >= 11 is 0. The van der Waals surface area contributed by atoms with E-state index >= 15 is 0 Å². The molecule has 4 rings (SSSR count). The molecule has 1 amide bonds. The summed E-state index contributed by atoms with van der Waals surface area (Å²) in [6, 6.07) is 2.02. The molecule has 0 spiro atoms. The van der Waals surface area contributed by atoms with Gasteiger partial charge in [-0.2, -0.15) is 5.10 Å². The van der Waals surface area contributed by atoms with Crippen LogP contribution in [0.15, 0.2) is 23.5 Å². The molecule has 1 saturated heterocycles. The predicted octanol–water partition coefficient (Wildman–Crippen LogP) is 1.49. The SMILES string of the molecule is CC12CC(F)=CC(C(N)=O)=C1n1nc(C3CCNCC3)cc1N2. The van der Waals surface area contributed by atoms with Crippen molar-refractivity contribution in [2.75, 3.05) is 18.4 Å². The van der Waals surface area contributed by atoms with E-state index in [1.807, 2.05) is 13.0 Å². The van der Waals surface area contributed by atoms with Crippen LogP contribution in [0.25, 0.3) is 5.70 Å². The first-order chi connectivity index (χ1) is 11.0. The van der Waals surface area contributed by atoms with Crippen LogP contribution in [0.4, 0.5) is 10.2 Å². The van der Waals surface area contributed by atoms with E-state index in [9.17, 15) is 9.18 Å². The van der Waals surface area contributed by atoms with Crippen LogP contribution >= 0.6 is 0 Å². The van der Waals surface area contributed by atoms with Crippen molar-refractivity contribution in [2.24, 2.45) is 5.73 Å². The van der Waals surface area contributed by atoms with Gasteiger partial charge in [-0.1, -0.05) is 0 Å². The third-order valence-electron chi connectivity index (χ3n) is 4.97. The molecule has 7 heteroatoms. The van der Waals surface area contributed by atoms with Crippen molar-refractivity contribution in [1.29, 1.82) is 0 Å². The van der Waals surface area contributed by atoms with Gasteiger partial charge in [-0.15, -0.1) is 0 Å². The van der Waals surface area contributed by atoms with E-state index in [2.05, 4.69) is 10.6 Å². The quantitative estimate of drug-likeness (QED) is 0.771. The van der Waals surface area contributed by atoms with E-state index in [0.29, 0.717) is 11.6 Å². The number of hydrogen-bond donors (Lipinski definition) is 3. The lowest BCUT2D eigenvalue weighted by Crippen LogP contribution is -2.37. The number of aromatic nitrogens is 2. The van der Waals surface area contributed by atoms with Crippen molar-refractivity contribution in [3.8, 4) is 0 Å². The van der Waals surface area contributed by atoms with Gasteiger partial charge in [-0.25, -0.2) is 9.07 Å². The van der Waals surface area contributed by atoms with Crippen molar-refractivity contribution < 1.29 is 9.18 Å². The molecule has 4 N–H and O–H groups in total. The maximum absolute atomic E-state index is 13.9. The van der Waals surface area contributed by atoms with E-state index in [0.717, 1.165) is 37.4 Å². The van der Waals surface area contributed by atoms with Gasteiger partial charge >= 0.3 is 0 Å². The van der Waals surface area contributed by atoms with Gasteiger partial charge in [0, 0.05) is 18.4 Å². The van der Waals surface area contributed by atoms with Gasteiger partial charge in [0.1, 0.15) is 11.6 Å². The lowest BCUT2D eigenvalue weighted by atomic mass is 9.86. The summed E-state index contributed by atoms with van der Waals surface area (Å²) in [5.74, 6) is 0.241. The Morgan fingerprint density at radius 2 is 2.22 bits per heavy atom. The molecule has 1 atom stereocenters. The summed E-state index contributed by atoms with van der Waals surface area (Å²) in [6.07, 6.45) is 3.52. The topological polar surface area (TPSA) is 85.0 Å². The maximum atomic E-state index is 13.9. The zero-order valence-electron chi connectivity index (χ0n) is 13.0. The fourth-order valence-electron chi connectivity index (χ4n) is 3.89. The number of carbonyl (C=O) groups excluding carboxylic acids is 1. The molecule has 1 aromatic rings. The number of rotatable bonds is 2. The molecule has 1 unspecified atom stereocenters. The van der Waals surface area contributed by atoms with Crippen molar-refractivity contribution in [2.45, 2.75) is 37.6 Å². The second-order valence-corrected chi connectivity index (χ2v) is 6.74. The summed E-state index contributed by atoms with van der Waals surface area (Å²) in [5, 5.41) is 11.4. The first kappa shape index (κ1) is 14.4. The number of nitrogens with one attached hydrogen (secondary N) is 2. The molecule has 0 radical (unpaired) electrons. The zero-order valence-corrected chi connectivity index (χ0v) is 13.0. The molecule has 0 aromatic carbocycles. The third-order valence-corrected chi connectivity index (χ3v) is 4.97. The average molecular weight is 317 g/mol. The monoisotopic (exact) mass is 317 g/mol. The fraction of sp³-hybridized carbons (Fsp3) is 0.500. The highest BCUT2D eigenvalue weighted by Gasteiger charge is 2.45. The minimum Gasteiger partial charge on any atom is -0.366 e. The van der Waals surface area contributed by atoms with Crippen LogP contribution in [0.5, 0.6) is 0 Å². The fourth-order valence-corrected chi connectivity index (χ4v) is 3.89. The molecule has 2 aliphatic heterocycles. The molecule has 3 aliphatic rings. The lowest BCUT2D eigenvalue weighted by Gasteiger charge is -2.30. The first-order valence-electron chi connectivity index (χ1n) is 7.98. The number of primary amides is 1. The number of piperidine rings is 1. The summed E-state index contributed by atoms with van der Waals surface area (Å²) in [4.78, 5) is 11.8. The van der Waals surface area contributed by atoms with Gasteiger partial charge in [0.05, 0.1) is 22.5 Å². The summed E-state index contributed by atoms with van der Waals surface area (Å²) in [5.41, 5.74) is 6.65. The van der Waals surface area contributed by atoms with Crippen LogP contribution in [-0.2, 0) is 4.79 Å². The highest BCUT2D eigenvalue weighted by atomic mass is 19.1. The van der Waals surface area contributed by atoms with E-state index in [1.54, 1.807) is 4.68 Å². The minimum atomic E-state index is -0.682. The molecule has 1 fully saturated rings. The Kier molecular flexibility index (Phi) is 3.09. The Morgan fingerprint density at radius 3 is 2.91 bits per heavy atom. The number of amides is 1. The van der Waals surface area contributed by atoms with Gasteiger partial charge in [-0.05, 0) is 38.9 Å². The Labute approximate surface area is 133 Å². The van der Waals surface area contributed by atoms with Gasteiger partial charge in [-0.3, -0.25) is 4.79 Å². The summed E-state index contributed by atoms with van der Waals surface area (Å²) in [6.45, 7) is 3.85. The van der Waals surface area contributed by atoms with Gasteiger partial charge in [0.25, 0.3) is 5.91 Å². The largest absolute Gasteiger partial charge is 0.366 e. The molecule has 122 valence electrons. The minimum absolute atomic E-state index is 0.186. The number of fused-ring (bicyclic) bond motifs is 3. The van der Waals surface area contributed by atoms with E-state index in [-0.39, 0.29) is 17.8 Å². The molecule has 0 bridgehead atoms. The third kappa shape index (κ3) is 2.18. The molecular formula is C16H20FN5O. The second kappa shape index (κ2) is 4.92. The standard InChI is InChI=1S/C16H20FN5O/c1-16-8-10(17)6-11(15(18)23)14(16)22-13(20-16)7-12(21-22)9-2-4-19-5-3-9/h6-7,9,19-20H,2-5,8H2,1H3,(H2,18,23). The molecule has 1 aliphatic carbocycles. The molecule has 6 nitrogen and oxygen atoms in total. The van der Waals surface area contributed by atoms with E-state index < -0.39 is 11.4 Å². The molecule has 23 heavy (non-hydrogen) atoms. The Morgan fingerprint density at radius 1 is 1.48 bits per heavy atom. The number of halogens is 1. The van der Waals surface area contributed by atoms with Crippen molar-refractivity contribution in [3.63, 3.8) is 0 Å². The van der Waals surface area contributed by atoms with Crippen molar-refractivity contribution >= 4 is 17.4 Å². The highest BCUT2D eigenvalue weighted by molar-refractivity contribution is 6.03. The summed E-state index contributed by atoms with van der Waals surface area (Å²) in [7, 11) is 0. The van der Waals surface area contributed by atoms with Gasteiger partial charge in [0.15, 0.2) is 0 Å². The van der Waals surface area contributed by atoms with Crippen LogP contribution in [0.2, 0.25) is 0 Å². The number of nitrogens with two attached hydrogens (primary N) is 1. The zero-order chi connectivity index (χ0) is 16.2. The normalized spacial score (nSPS) is 27.3. The summed E-state index contributed by atoms with van der Waals surface area (Å²) < 4.78 is 15.7. The number of nitrogens with zero attached hydrogens (tertiary/aromatic N) is 2. The number of carbonyl (C=O) groups is 1. The maximum Gasteiger partial charge on any atom is 0.250 e. The predicted molar refractivity (Wildman–Crippen MR) is 85.3 cm³/mol. The lowest BCUT2D eigenvalue weighted by molar-refractivity contribution is -0.114. The van der Waals surface area contributed by atoms with Gasteiger partial charge in [0.2, 0.25) is 0 Å². The Balaban J connectivity index is 1.80. The molecular weight excluding hydrogens is 297 g/mol.